The average Bonchev–Trinajstić information content (AvgIpc) is 2.80. The first kappa shape index (κ1) is 21.7. The predicted molar refractivity (Wildman–Crippen MR) is 120 cm³/mol. The van der Waals surface area contributed by atoms with Gasteiger partial charge in [0.1, 0.15) is 0 Å². The summed E-state index contributed by atoms with van der Waals surface area (Å²) >= 11 is 0. The number of benzene rings is 2. The summed E-state index contributed by atoms with van der Waals surface area (Å²) in [5.74, 6) is -0.217. The topological polar surface area (TPSA) is 71.0 Å². The molecule has 0 spiro atoms. The number of carbonyl (C=O) groups is 2. The summed E-state index contributed by atoms with van der Waals surface area (Å²) in [4.78, 5) is 31.3. The van der Waals surface area contributed by atoms with Crippen LogP contribution in [0.2, 0.25) is 0 Å². The van der Waals surface area contributed by atoms with Gasteiger partial charge in [0.25, 0.3) is 11.8 Å². The number of rotatable bonds is 8. The number of unbranched alkanes of at least 4 members (excludes halogenated alkanes) is 3. The highest BCUT2D eigenvalue weighted by Gasteiger charge is 2.18. The molecule has 30 heavy (non-hydrogen) atoms. The minimum absolute atomic E-state index is 0.0133. The maximum atomic E-state index is 12.6. The fourth-order valence-electron chi connectivity index (χ4n) is 3.23. The number of nitrogens with one attached hydrogen (secondary N) is 1. The molecule has 0 aliphatic carbocycles. The lowest BCUT2D eigenvalue weighted by atomic mass is 10.1. The highest BCUT2D eigenvalue weighted by atomic mass is 16.5. The quantitative estimate of drug-likeness (QED) is 0.510. The van der Waals surface area contributed by atoms with E-state index in [0.29, 0.717) is 43.1 Å². The fourth-order valence-corrected chi connectivity index (χ4v) is 3.23. The van der Waals surface area contributed by atoms with E-state index in [1.807, 2.05) is 18.3 Å². The molecule has 2 aromatic carbocycles. The molecular weight excluding hydrogens is 378 g/mol. The Morgan fingerprint density at radius 3 is 2.57 bits per heavy atom. The van der Waals surface area contributed by atoms with Crippen LogP contribution in [0.15, 0.2) is 53.5 Å². The zero-order valence-corrected chi connectivity index (χ0v) is 17.5. The summed E-state index contributed by atoms with van der Waals surface area (Å²) in [5.41, 5.74) is 2.57. The van der Waals surface area contributed by atoms with Gasteiger partial charge in [0.2, 0.25) is 0 Å². The van der Waals surface area contributed by atoms with Gasteiger partial charge in [0, 0.05) is 36.1 Å². The van der Waals surface area contributed by atoms with E-state index in [4.69, 9.17) is 4.74 Å². The van der Waals surface area contributed by atoms with Crippen molar-refractivity contribution in [3.8, 4) is 0 Å². The SMILES string of the molecule is CCCCCC=Nc1cccc(C(=O)Nc2ccc(C(=O)N3CCOCC3)cc2)c1. The Hall–Kier alpha value is -2.99. The Bertz CT molecular complexity index is 872. The van der Waals surface area contributed by atoms with E-state index < -0.39 is 0 Å². The second-order valence-corrected chi connectivity index (χ2v) is 7.29. The van der Waals surface area contributed by atoms with Crippen molar-refractivity contribution in [2.75, 3.05) is 31.6 Å². The lowest BCUT2D eigenvalue weighted by molar-refractivity contribution is 0.0303. The Kier molecular flexibility index (Phi) is 8.15. The second kappa shape index (κ2) is 11.3. The largest absolute Gasteiger partial charge is 0.378 e. The Morgan fingerprint density at radius 1 is 1.07 bits per heavy atom. The van der Waals surface area contributed by atoms with Gasteiger partial charge in [-0.1, -0.05) is 25.8 Å². The molecule has 2 aromatic rings. The smallest absolute Gasteiger partial charge is 0.255 e. The second-order valence-electron chi connectivity index (χ2n) is 7.29. The molecule has 1 aliphatic heterocycles. The molecule has 1 fully saturated rings. The third-order valence-electron chi connectivity index (χ3n) is 4.97. The molecule has 1 saturated heterocycles. The van der Waals surface area contributed by atoms with E-state index in [-0.39, 0.29) is 11.8 Å². The van der Waals surface area contributed by atoms with Crippen molar-refractivity contribution in [1.82, 2.24) is 4.90 Å². The molecule has 0 bridgehead atoms. The molecule has 6 nitrogen and oxygen atoms in total. The van der Waals surface area contributed by atoms with Crippen LogP contribution in [-0.2, 0) is 4.74 Å². The summed E-state index contributed by atoms with van der Waals surface area (Å²) in [5, 5.41) is 2.88. The van der Waals surface area contributed by atoms with E-state index in [1.165, 1.54) is 12.8 Å². The summed E-state index contributed by atoms with van der Waals surface area (Å²) in [6.07, 6.45) is 6.37. The van der Waals surface area contributed by atoms with E-state index in [2.05, 4.69) is 17.2 Å². The van der Waals surface area contributed by atoms with Crippen LogP contribution in [0.25, 0.3) is 0 Å². The van der Waals surface area contributed by atoms with Gasteiger partial charge in [-0.05, 0) is 55.3 Å². The molecule has 0 saturated carbocycles. The van der Waals surface area contributed by atoms with E-state index in [9.17, 15) is 9.59 Å². The van der Waals surface area contributed by atoms with Crippen molar-refractivity contribution in [1.29, 1.82) is 0 Å². The summed E-state index contributed by atoms with van der Waals surface area (Å²) in [6.45, 7) is 4.53. The minimum Gasteiger partial charge on any atom is -0.378 e. The van der Waals surface area contributed by atoms with Crippen LogP contribution in [0.1, 0.15) is 53.3 Å². The minimum atomic E-state index is -0.203. The van der Waals surface area contributed by atoms with Gasteiger partial charge in [-0.3, -0.25) is 14.6 Å². The van der Waals surface area contributed by atoms with E-state index in [1.54, 1.807) is 41.3 Å². The first-order valence-electron chi connectivity index (χ1n) is 10.6. The van der Waals surface area contributed by atoms with Gasteiger partial charge >= 0.3 is 0 Å². The molecule has 3 rings (SSSR count). The highest BCUT2D eigenvalue weighted by molar-refractivity contribution is 6.05. The number of ether oxygens (including phenoxy) is 1. The fraction of sp³-hybridized carbons (Fsp3) is 0.375. The molecule has 1 aliphatic rings. The lowest BCUT2D eigenvalue weighted by Crippen LogP contribution is -2.40. The highest BCUT2D eigenvalue weighted by Crippen LogP contribution is 2.17. The molecule has 2 amide bonds. The van der Waals surface area contributed by atoms with Crippen LogP contribution in [0.4, 0.5) is 11.4 Å². The first-order chi connectivity index (χ1) is 14.7. The average molecular weight is 408 g/mol. The number of morpholine rings is 1. The first-order valence-corrected chi connectivity index (χ1v) is 10.6. The van der Waals surface area contributed by atoms with E-state index >= 15 is 0 Å². The summed E-state index contributed by atoms with van der Waals surface area (Å²) < 4.78 is 5.29. The van der Waals surface area contributed by atoms with E-state index in [0.717, 1.165) is 18.5 Å². The molecule has 0 unspecified atom stereocenters. The summed E-state index contributed by atoms with van der Waals surface area (Å²) in [6, 6.07) is 14.2. The zero-order valence-electron chi connectivity index (χ0n) is 17.5. The molecule has 0 atom stereocenters. The van der Waals surface area contributed by atoms with Crippen LogP contribution >= 0.6 is 0 Å². The van der Waals surface area contributed by atoms with Gasteiger partial charge in [-0.15, -0.1) is 0 Å². The third-order valence-corrected chi connectivity index (χ3v) is 4.97. The number of hydrogen-bond donors (Lipinski definition) is 1. The van der Waals surface area contributed by atoms with Crippen LogP contribution in [-0.4, -0.2) is 49.2 Å². The summed E-state index contributed by atoms with van der Waals surface area (Å²) in [7, 11) is 0. The number of carbonyl (C=O) groups excluding carboxylic acids is 2. The maximum Gasteiger partial charge on any atom is 0.255 e. The predicted octanol–water partition coefficient (Wildman–Crippen LogP) is 4.69. The molecule has 1 N–H and O–H groups in total. The standard InChI is InChI=1S/C24H29N3O3/c1-2-3-4-5-13-25-22-8-6-7-20(18-22)23(28)26-21-11-9-19(10-12-21)24(29)27-14-16-30-17-15-27/h6-13,18H,2-5,14-17H2,1H3,(H,26,28). The number of aliphatic imine (C=N–C) groups is 1. The molecule has 1 heterocycles. The monoisotopic (exact) mass is 407 g/mol. The van der Waals surface area contributed by atoms with Gasteiger partial charge in [-0.25, -0.2) is 0 Å². The van der Waals surface area contributed by atoms with Gasteiger partial charge in [0.05, 0.1) is 18.9 Å². The number of anilines is 1. The van der Waals surface area contributed by atoms with Gasteiger partial charge in [0.15, 0.2) is 0 Å². The Labute approximate surface area is 178 Å². The van der Waals surface area contributed by atoms with Crippen molar-refractivity contribution in [2.24, 2.45) is 4.99 Å². The van der Waals surface area contributed by atoms with Crippen molar-refractivity contribution >= 4 is 29.4 Å². The number of amides is 2. The normalized spacial score (nSPS) is 14.1. The van der Waals surface area contributed by atoms with Crippen molar-refractivity contribution in [2.45, 2.75) is 32.6 Å². The Morgan fingerprint density at radius 2 is 1.83 bits per heavy atom. The zero-order chi connectivity index (χ0) is 21.2. The molecule has 0 aromatic heterocycles. The van der Waals surface area contributed by atoms with Crippen LogP contribution in [0.3, 0.4) is 0 Å². The number of hydrogen-bond acceptors (Lipinski definition) is 4. The maximum absolute atomic E-state index is 12.6. The molecular formula is C24H29N3O3. The molecule has 6 heteroatoms. The van der Waals surface area contributed by atoms with Crippen molar-refractivity contribution in [3.63, 3.8) is 0 Å². The Balaban J connectivity index is 1.57. The van der Waals surface area contributed by atoms with Gasteiger partial charge < -0.3 is 15.0 Å². The number of nitrogens with zero attached hydrogens (tertiary/aromatic N) is 2. The van der Waals surface area contributed by atoms with Crippen molar-refractivity contribution in [3.05, 3.63) is 59.7 Å². The lowest BCUT2D eigenvalue weighted by Gasteiger charge is -2.26. The molecule has 0 radical (unpaired) electrons. The van der Waals surface area contributed by atoms with Crippen LogP contribution < -0.4 is 5.32 Å². The van der Waals surface area contributed by atoms with Crippen LogP contribution in [0, 0.1) is 0 Å². The molecule has 158 valence electrons. The van der Waals surface area contributed by atoms with Gasteiger partial charge in [-0.2, -0.15) is 0 Å². The third kappa shape index (κ3) is 6.26. The van der Waals surface area contributed by atoms with Crippen molar-refractivity contribution < 1.29 is 14.3 Å². The van der Waals surface area contributed by atoms with Crippen LogP contribution in [0.5, 0.6) is 0 Å².